The first kappa shape index (κ1) is 15.9. The molecular weight excluding hydrogens is 304 g/mol. The quantitative estimate of drug-likeness (QED) is 0.793. The van der Waals surface area contributed by atoms with Crippen molar-refractivity contribution in [2.75, 3.05) is 5.08 Å². The lowest BCUT2D eigenvalue weighted by Crippen LogP contribution is -2.06. The van der Waals surface area contributed by atoms with E-state index >= 15 is 0 Å². The largest absolute Gasteiger partial charge is 0.457 e. The number of hydrogen-bond acceptors (Lipinski definition) is 4. The molecule has 0 aromatic heterocycles. The molecule has 0 radical (unpaired) electrons. The molecule has 0 saturated heterocycles. The minimum absolute atomic E-state index is 0.101. The van der Waals surface area contributed by atoms with Crippen LogP contribution in [0.3, 0.4) is 0 Å². The van der Waals surface area contributed by atoms with Crippen molar-refractivity contribution in [2.24, 2.45) is 0 Å². The Morgan fingerprint density at radius 1 is 0.952 bits per heavy atom. The molecule has 21 heavy (non-hydrogen) atoms. The lowest BCUT2D eigenvalue weighted by molar-refractivity contribution is 0.482. The summed E-state index contributed by atoms with van der Waals surface area (Å²) in [6.45, 7) is 3.97. The molecule has 2 rings (SSSR count). The smallest absolute Gasteiger partial charge is 0.187 e. The highest BCUT2D eigenvalue weighted by Gasteiger charge is 2.15. The average Bonchev–Trinajstić information content (AvgIpc) is 2.47. The highest BCUT2D eigenvalue weighted by Crippen LogP contribution is 2.24. The van der Waals surface area contributed by atoms with Crippen LogP contribution in [0.25, 0.3) is 0 Å². The number of para-hydroxylation sites is 1. The second-order valence-corrected chi connectivity index (χ2v) is 8.75. The third-order valence-electron chi connectivity index (χ3n) is 2.72. The van der Waals surface area contributed by atoms with Crippen LogP contribution in [0.15, 0.2) is 59.5 Å². The van der Waals surface area contributed by atoms with E-state index in [9.17, 15) is 8.42 Å². The van der Waals surface area contributed by atoms with Crippen molar-refractivity contribution in [1.29, 1.82) is 0 Å². The van der Waals surface area contributed by atoms with E-state index in [-0.39, 0.29) is 5.08 Å². The molecule has 0 heterocycles. The van der Waals surface area contributed by atoms with E-state index < -0.39 is 9.84 Å². The molecule has 0 aliphatic carbocycles. The van der Waals surface area contributed by atoms with E-state index in [1.807, 2.05) is 44.2 Å². The van der Waals surface area contributed by atoms with Crippen LogP contribution in [0.4, 0.5) is 0 Å². The fourth-order valence-corrected chi connectivity index (χ4v) is 4.53. The summed E-state index contributed by atoms with van der Waals surface area (Å²) in [5.41, 5.74) is 0. The molecule has 0 saturated carbocycles. The van der Waals surface area contributed by atoms with Crippen LogP contribution >= 0.6 is 11.8 Å². The van der Waals surface area contributed by atoms with Gasteiger partial charge in [0, 0.05) is 5.25 Å². The monoisotopic (exact) mass is 322 g/mol. The van der Waals surface area contributed by atoms with Gasteiger partial charge in [0.2, 0.25) is 0 Å². The normalized spacial score (nSPS) is 11.6. The van der Waals surface area contributed by atoms with Crippen molar-refractivity contribution in [2.45, 2.75) is 24.0 Å². The van der Waals surface area contributed by atoms with Crippen LogP contribution in [0.5, 0.6) is 11.5 Å². The van der Waals surface area contributed by atoms with Gasteiger partial charge in [0.25, 0.3) is 0 Å². The Morgan fingerprint density at radius 2 is 1.52 bits per heavy atom. The van der Waals surface area contributed by atoms with E-state index in [0.717, 1.165) is 5.75 Å². The van der Waals surface area contributed by atoms with Crippen LogP contribution in [-0.2, 0) is 9.84 Å². The number of thioether (sulfide) groups is 1. The van der Waals surface area contributed by atoms with Gasteiger partial charge in [-0.1, -0.05) is 32.0 Å². The zero-order valence-corrected chi connectivity index (χ0v) is 13.7. The highest BCUT2D eigenvalue weighted by molar-refractivity contribution is 8.12. The summed E-state index contributed by atoms with van der Waals surface area (Å²) in [5, 5.41) is 0.393. The lowest BCUT2D eigenvalue weighted by Gasteiger charge is -2.08. The predicted molar refractivity (Wildman–Crippen MR) is 87.7 cm³/mol. The molecule has 112 valence electrons. The third-order valence-corrected chi connectivity index (χ3v) is 6.16. The van der Waals surface area contributed by atoms with Gasteiger partial charge in [0.15, 0.2) is 9.84 Å². The second kappa shape index (κ2) is 7.00. The van der Waals surface area contributed by atoms with Crippen molar-refractivity contribution >= 4 is 21.6 Å². The van der Waals surface area contributed by atoms with E-state index in [0.29, 0.717) is 15.9 Å². The van der Waals surface area contributed by atoms with Gasteiger partial charge >= 0.3 is 0 Å². The molecule has 0 amide bonds. The predicted octanol–water partition coefficient (Wildman–Crippen LogP) is 4.35. The minimum atomic E-state index is -3.24. The Bertz CT molecular complexity index is 662. The number of sulfone groups is 1. The number of benzene rings is 2. The Morgan fingerprint density at radius 3 is 2.10 bits per heavy atom. The van der Waals surface area contributed by atoms with Gasteiger partial charge in [-0.05, 0) is 36.4 Å². The van der Waals surface area contributed by atoms with Crippen molar-refractivity contribution in [1.82, 2.24) is 0 Å². The molecule has 0 bridgehead atoms. The zero-order chi connectivity index (χ0) is 15.3. The highest BCUT2D eigenvalue weighted by atomic mass is 32.3. The molecule has 0 spiro atoms. The van der Waals surface area contributed by atoms with Crippen LogP contribution in [0, 0.1) is 0 Å². The summed E-state index contributed by atoms with van der Waals surface area (Å²) in [4.78, 5) is 0.330. The maximum atomic E-state index is 12.1. The molecule has 0 aliphatic rings. The maximum absolute atomic E-state index is 12.1. The maximum Gasteiger partial charge on any atom is 0.187 e. The number of ether oxygens (including phenoxy) is 1. The van der Waals surface area contributed by atoms with Crippen LogP contribution in [0.2, 0.25) is 0 Å². The summed E-state index contributed by atoms with van der Waals surface area (Å²) in [7, 11) is -3.24. The van der Waals surface area contributed by atoms with Crippen LogP contribution < -0.4 is 4.74 Å². The third kappa shape index (κ3) is 4.79. The molecule has 5 heteroatoms. The van der Waals surface area contributed by atoms with Gasteiger partial charge in [0.1, 0.15) is 16.6 Å². The second-order valence-electron chi connectivity index (χ2n) is 4.83. The summed E-state index contributed by atoms with van der Waals surface area (Å²) < 4.78 is 29.9. The molecule has 0 atom stereocenters. The van der Waals surface area contributed by atoms with Gasteiger partial charge in [-0.15, -0.1) is 11.8 Å². The first-order valence-electron chi connectivity index (χ1n) is 6.65. The Labute approximate surface area is 130 Å². The molecule has 0 aliphatic heterocycles. The summed E-state index contributed by atoms with van der Waals surface area (Å²) >= 11 is 1.42. The van der Waals surface area contributed by atoms with Gasteiger partial charge in [-0.25, -0.2) is 8.42 Å². The van der Waals surface area contributed by atoms with Gasteiger partial charge < -0.3 is 4.74 Å². The van der Waals surface area contributed by atoms with Gasteiger partial charge in [-0.2, -0.15) is 0 Å². The van der Waals surface area contributed by atoms with Crippen molar-refractivity contribution in [3.05, 3.63) is 54.6 Å². The molecule has 3 nitrogen and oxygen atoms in total. The number of rotatable bonds is 6. The van der Waals surface area contributed by atoms with E-state index in [1.54, 1.807) is 24.3 Å². The van der Waals surface area contributed by atoms with E-state index in [2.05, 4.69) is 0 Å². The summed E-state index contributed by atoms with van der Waals surface area (Å²) in [6.07, 6.45) is 0. The van der Waals surface area contributed by atoms with Gasteiger partial charge in [0.05, 0.1) is 4.90 Å². The number of hydrogen-bond donors (Lipinski definition) is 0. The molecule has 0 unspecified atom stereocenters. The molecule has 2 aromatic carbocycles. The fourth-order valence-electron chi connectivity index (χ4n) is 1.63. The first-order valence-corrected chi connectivity index (χ1v) is 9.35. The van der Waals surface area contributed by atoms with Crippen molar-refractivity contribution < 1.29 is 13.2 Å². The summed E-state index contributed by atoms with van der Waals surface area (Å²) in [6, 6.07) is 15.9. The lowest BCUT2D eigenvalue weighted by atomic mass is 10.3. The van der Waals surface area contributed by atoms with Crippen LogP contribution in [0.1, 0.15) is 13.8 Å². The topological polar surface area (TPSA) is 43.4 Å². The minimum Gasteiger partial charge on any atom is -0.457 e. The zero-order valence-electron chi connectivity index (χ0n) is 12.0. The summed E-state index contributed by atoms with van der Waals surface area (Å²) in [5.74, 6) is 1.35. The van der Waals surface area contributed by atoms with Crippen molar-refractivity contribution in [3.63, 3.8) is 0 Å². The Balaban J connectivity index is 2.08. The van der Waals surface area contributed by atoms with Crippen molar-refractivity contribution in [3.8, 4) is 11.5 Å². The Hall–Kier alpha value is -1.46. The molecule has 2 aromatic rings. The van der Waals surface area contributed by atoms with E-state index in [4.69, 9.17) is 4.74 Å². The molecular formula is C16H18O3S2. The average molecular weight is 322 g/mol. The standard InChI is InChI=1S/C16H18O3S2/c1-13(2)20-12-21(17,18)16-10-8-15(9-11-16)19-14-6-4-3-5-7-14/h3-11,13H,12H2,1-2H3. The van der Waals surface area contributed by atoms with Crippen LogP contribution in [-0.4, -0.2) is 18.8 Å². The fraction of sp³-hybridized carbons (Fsp3) is 0.250. The molecule has 0 fully saturated rings. The first-order chi connectivity index (χ1) is 9.97. The van der Waals surface area contributed by atoms with Gasteiger partial charge in [-0.3, -0.25) is 0 Å². The SMILES string of the molecule is CC(C)SCS(=O)(=O)c1ccc(Oc2ccccc2)cc1. The Kier molecular flexibility index (Phi) is 5.31. The molecule has 0 N–H and O–H groups in total. The van der Waals surface area contributed by atoms with E-state index in [1.165, 1.54) is 11.8 Å².